The minimum absolute atomic E-state index is 0.355. The van der Waals surface area contributed by atoms with Gasteiger partial charge in [0.25, 0.3) is 11.8 Å². The Kier molecular flexibility index (Phi) is 4.17. The first kappa shape index (κ1) is 18.2. The van der Waals surface area contributed by atoms with Crippen LogP contribution in [0.2, 0.25) is 0 Å². The van der Waals surface area contributed by atoms with Gasteiger partial charge in [0.2, 0.25) is 0 Å². The number of aromatic amines is 1. The molecule has 2 aromatic heterocycles. The maximum absolute atomic E-state index is 12.9. The predicted molar refractivity (Wildman–Crippen MR) is 120 cm³/mol. The summed E-state index contributed by atoms with van der Waals surface area (Å²) in [6.07, 6.45) is 6.41. The third-order valence-electron chi connectivity index (χ3n) is 5.73. The molecule has 1 aliphatic heterocycles. The number of aromatic nitrogens is 2. The number of hydrogen-bond acceptors (Lipinski definition) is 2. The molecule has 0 fully saturated rings. The van der Waals surface area contributed by atoms with Crippen LogP contribution >= 0.6 is 0 Å². The third-order valence-corrected chi connectivity index (χ3v) is 5.73. The Hall–Kier alpha value is -3.86. The average Bonchev–Trinajstić information content (AvgIpc) is 3.40. The summed E-state index contributed by atoms with van der Waals surface area (Å²) < 4.78 is 2.10. The molecule has 2 N–H and O–H groups in total. The Morgan fingerprint density at radius 3 is 2.53 bits per heavy atom. The van der Waals surface area contributed by atoms with E-state index in [4.69, 9.17) is 0 Å². The fourth-order valence-electron chi connectivity index (χ4n) is 4.35. The molecule has 0 atom stereocenters. The Labute approximate surface area is 173 Å². The average molecular weight is 395 g/mol. The molecule has 1 aliphatic rings. The van der Waals surface area contributed by atoms with Crippen LogP contribution in [0.15, 0.2) is 67.5 Å². The van der Waals surface area contributed by atoms with Crippen molar-refractivity contribution in [2.24, 2.45) is 0 Å². The second-order valence-electron chi connectivity index (χ2n) is 7.45. The lowest BCUT2D eigenvalue weighted by molar-refractivity contribution is -0.122. The number of nitrogens with one attached hydrogen (secondary N) is 2. The molecule has 0 aliphatic carbocycles. The van der Waals surface area contributed by atoms with Crippen molar-refractivity contribution >= 4 is 44.8 Å². The summed E-state index contributed by atoms with van der Waals surface area (Å²) in [6.45, 7) is 6.63. The van der Waals surface area contributed by atoms with Gasteiger partial charge in [0.1, 0.15) is 0 Å². The van der Waals surface area contributed by atoms with Gasteiger partial charge >= 0.3 is 0 Å². The van der Waals surface area contributed by atoms with E-state index in [1.165, 1.54) is 0 Å². The van der Waals surface area contributed by atoms with Crippen molar-refractivity contribution in [1.29, 1.82) is 0 Å². The molecule has 2 aromatic carbocycles. The number of H-pyrrole nitrogens is 1. The van der Waals surface area contributed by atoms with Gasteiger partial charge < -0.3 is 9.55 Å². The standard InChI is InChI=1S/C25H21N3O2/c1-3-7-15-10-11-16-18(13-26-20(16)12-15)22-23(25(30)27-24(22)29)19-14-28(4-2)21-9-6-5-8-17(19)21/h3,5-6,8-14,26H,1,4,7H2,2H3,(H,27,29,30). The van der Waals surface area contributed by atoms with E-state index in [1.54, 1.807) is 0 Å². The maximum atomic E-state index is 12.9. The molecule has 148 valence electrons. The van der Waals surface area contributed by atoms with Crippen LogP contribution in [0.4, 0.5) is 0 Å². The lowest BCUT2D eigenvalue weighted by atomic mass is 9.95. The molecule has 30 heavy (non-hydrogen) atoms. The van der Waals surface area contributed by atoms with E-state index < -0.39 is 0 Å². The molecular formula is C25H21N3O2. The monoisotopic (exact) mass is 395 g/mol. The largest absolute Gasteiger partial charge is 0.361 e. The second kappa shape index (κ2) is 6.88. The van der Waals surface area contributed by atoms with Crippen LogP contribution < -0.4 is 5.32 Å². The van der Waals surface area contributed by atoms with Gasteiger partial charge in [0.05, 0.1) is 11.1 Å². The Bertz CT molecular complexity index is 1380. The third kappa shape index (κ3) is 2.63. The quantitative estimate of drug-likeness (QED) is 0.388. The number of carbonyl (C=O) groups is 2. The number of amides is 2. The molecule has 2 amide bonds. The molecule has 0 unspecified atom stereocenters. The zero-order valence-corrected chi connectivity index (χ0v) is 16.7. The van der Waals surface area contributed by atoms with Crippen molar-refractivity contribution in [3.63, 3.8) is 0 Å². The van der Waals surface area contributed by atoms with Crippen LogP contribution in [0.3, 0.4) is 0 Å². The van der Waals surface area contributed by atoms with E-state index in [0.29, 0.717) is 11.1 Å². The first-order valence-electron chi connectivity index (χ1n) is 10.0. The van der Waals surface area contributed by atoms with E-state index in [9.17, 15) is 9.59 Å². The van der Waals surface area contributed by atoms with E-state index in [2.05, 4.69) is 34.4 Å². The van der Waals surface area contributed by atoms with Crippen LogP contribution in [0.1, 0.15) is 23.6 Å². The van der Waals surface area contributed by atoms with Crippen molar-refractivity contribution in [3.8, 4) is 0 Å². The summed E-state index contributed by atoms with van der Waals surface area (Å²) in [5.74, 6) is -0.717. The van der Waals surface area contributed by atoms with Gasteiger partial charge in [0, 0.05) is 51.9 Å². The highest BCUT2D eigenvalue weighted by atomic mass is 16.2. The molecule has 5 heteroatoms. The first-order chi connectivity index (χ1) is 14.6. The smallest absolute Gasteiger partial charge is 0.259 e. The van der Waals surface area contributed by atoms with Gasteiger partial charge in [-0.15, -0.1) is 6.58 Å². The fourth-order valence-corrected chi connectivity index (χ4v) is 4.35. The van der Waals surface area contributed by atoms with E-state index >= 15 is 0 Å². The molecule has 3 heterocycles. The first-order valence-corrected chi connectivity index (χ1v) is 10.0. The van der Waals surface area contributed by atoms with Crippen molar-refractivity contribution < 1.29 is 9.59 Å². The molecule has 0 spiro atoms. The number of nitrogens with zero attached hydrogens (tertiary/aromatic N) is 1. The van der Waals surface area contributed by atoms with E-state index in [1.807, 2.05) is 54.9 Å². The summed E-state index contributed by atoms with van der Waals surface area (Å²) in [5.41, 5.74) is 5.48. The number of carbonyl (C=O) groups excluding carboxylic acids is 2. The molecule has 0 bridgehead atoms. The van der Waals surface area contributed by atoms with Crippen molar-refractivity contribution in [3.05, 3.63) is 84.2 Å². The molecule has 0 saturated heterocycles. The number of aryl methyl sites for hydroxylation is 1. The van der Waals surface area contributed by atoms with E-state index in [-0.39, 0.29) is 11.8 Å². The van der Waals surface area contributed by atoms with Crippen LogP contribution in [0, 0.1) is 0 Å². The summed E-state index contributed by atoms with van der Waals surface area (Å²) >= 11 is 0. The lowest BCUT2D eigenvalue weighted by Crippen LogP contribution is -2.22. The molecule has 0 radical (unpaired) electrons. The van der Waals surface area contributed by atoms with Gasteiger partial charge in [-0.1, -0.05) is 36.4 Å². The number of rotatable bonds is 5. The Morgan fingerprint density at radius 2 is 1.77 bits per heavy atom. The van der Waals surface area contributed by atoms with Gasteiger partial charge in [-0.2, -0.15) is 0 Å². The van der Waals surface area contributed by atoms with Crippen molar-refractivity contribution in [2.45, 2.75) is 19.9 Å². The van der Waals surface area contributed by atoms with Gasteiger partial charge in [-0.3, -0.25) is 14.9 Å². The van der Waals surface area contributed by atoms with Gasteiger partial charge in [-0.25, -0.2) is 0 Å². The molecule has 0 saturated carbocycles. The zero-order valence-electron chi connectivity index (χ0n) is 16.7. The number of benzene rings is 2. The maximum Gasteiger partial charge on any atom is 0.259 e. The van der Waals surface area contributed by atoms with Crippen LogP contribution in [-0.2, 0) is 22.6 Å². The number of allylic oxidation sites excluding steroid dienone is 1. The van der Waals surface area contributed by atoms with Crippen molar-refractivity contribution in [1.82, 2.24) is 14.9 Å². The highest BCUT2D eigenvalue weighted by Crippen LogP contribution is 2.38. The highest BCUT2D eigenvalue weighted by molar-refractivity contribution is 6.50. The Balaban J connectivity index is 1.78. The molecule has 4 aromatic rings. The normalized spacial score (nSPS) is 14.2. The lowest BCUT2D eigenvalue weighted by Gasteiger charge is -2.04. The minimum Gasteiger partial charge on any atom is -0.361 e. The zero-order chi connectivity index (χ0) is 20.8. The second-order valence-corrected chi connectivity index (χ2v) is 7.45. The highest BCUT2D eigenvalue weighted by Gasteiger charge is 2.34. The molecular weight excluding hydrogens is 374 g/mol. The number of hydrogen-bond donors (Lipinski definition) is 2. The minimum atomic E-state index is -0.362. The van der Waals surface area contributed by atoms with Crippen LogP contribution in [0.25, 0.3) is 33.0 Å². The topological polar surface area (TPSA) is 66.9 Å². The summed E-state index contributed by atoms with van der Waals surface area (Å²) in [7, 11) is 0. The number of para-hydroxylation sites is 1. The van der Waals surface area contributed by atoms with Crippen LogP contribution in [-0.4, -0.2) is 21.4 Å². The summed E-state index contributed by atoms with van der Waals surface area (Å²) in [6, 6.07) is 14.0. The van der Waals surface area contributed by atoms with E-state index in [0.717, 1.165) is 51.5 Å². The summed E-state index contributed by atoms with van der Waals surface area (Å²) in [4.78, 5) is 29.0. The Morgan fingerprint density at radius 1 is 1.00 bits per heavy atom. The fraction of sp³-hybridized carbons (Fsp3) is 0.120. The van der Waals surface area contributed by atoms with Crippen LogP contribution in [0.5, 0.6) is 0 Å². The predicted octanol–water partition coefficient (Wildman–Crippen LogP) is 4.44. The number of fused-ring (bicyclic) bond motifs is 2. The molecule has 5 nitrogen and oxygen atoms in total. The van der Waals surface area contributed by atoms with Gasteiger partial charge in [0.15, 0.2) is 0 Å². The summed E-state index contributed by atoms with van der Waals surface area (Å²) in [5, 5.41) is 4.38. The molecule has 5 rings (SSSR count). The van der Waals surface area contributed by atoms with Crippen molar-refractivity contribution in [2.75, 3.05) is 0 Å². The number of imide groups is 1. The SMILES string of the molecule is C=CCc1ccc2c(C3=C(c4cn(CC)c5ccccc45)C(=O)NC3=O)c[nH]c2c1. The van der Waals surface area contributed by atoms with Gasteiger partial charge in [-0.05, 0) is 31.0 Å².